The third-order valence-corrected chi connectivity index (χ3v) is 1.95. The Balaban J connectivity index is 2.50. The molecule has 0 aromatic carbocycles. The summed E-state index contributed by atoms with van der Waals surface area (Å²) in [5.74, 6) is 0. The largest absolute Gasteiger partial charge is 0.348 e. The fourth-order valence-electron chi connectivity index (χ4n) is 1.14. The van der Waals surface area contributed by atoms with Gasteiger partial charge in [-0.25, -0.2) is 0 Å². The van der Waals surface area contributed by atoms with E-state index in [1.807, 2.05) is 6.92 Å². The van der Waals surface area contributed by atoms with Gasteiger partial charge in [-0.2, -0.15) is 0 Å². The van der Waals surface area contributed by atoms with Crippen LogP contribution >= 0.6 is 0 Å². The molecule has 0 aromatic rings. The minimum atomic E-state index is -0.335. The zero-order chi connectivity index (χ0) is 9.90. The molecule has 1 heterocycles. The SMILES string of the molecule is C/C(=C\C=O)C1OCC(C)(C)CO1. The van der Waals surface area contributed by atoms with Crippen LogP contribution in [0.1, 0.15) is 20.8 Å². The summed E-state index contributed by atoms with van der Waals surface area (Å²) in [4.78, 5) is 10.2. The van der Waals surface area contributed by atoms with Gasteiger partial charge in [-0.15, -0.1) is 0 Å². The number of hydrogen-bond acceptors (Lipinski definition) is 3. The highest BCUT2D eigenvalue weighted by molar-refractivity contribution is 5.66. The van der Waals surface area contributed by atoms with E-state index in [1.54, 1.807) is 0 Å². The van der Waals surface area contributed by atoms with E-state index in [1.165, 1.54) is 6.08 Å². The zero-order valence-electron chi connectivity index (χ0n) is 8.37. The van der Waals surface area contributed by atoms with E-state index in [-0.39, 0.29) is 11.7 Å². The Kier molecular flexibility index (Phi) is 3.22. The Morgan fingerprint density at radius 1 is 1.38 bits per heavy atom. The van der Waals surface area contributed by atoms with E-state index >= 15 is 0 Å². The summed E-state index contributed by atoms with van der Waals surface area (Å²) in [6.45, 7) is 7.34. The van der Waals surface area contributed by atoms with E-state index in [0.29, 0.717) is 13.2 Å². The molecular weight excluding hydrogens is 168 g/mol. The Labute approximate surface area is 78.7 Å². The zero-order valence-corrected chi connectivity index (χ0v) is 8.37. The smallest absolute Gasteiger partial charge is 0.179 e. The van der Waals surface area contributed by atoms with Gasteiger partial charge < -0.3 is 9.47 Å². The number of hydrogen-bond donors (Lipinski definition) is 0. The van der Waals surface area contributed by atoms with Gasteiger partial charge in [0, 0.05) is 5.41 Å². The number of ether oxygens (including phenoxy) is 2. The Hall–Kier alpha value is -0.670. The van der Waals surface area contributed by atoms with Crippen LogP contribution in [0, 0.1) is 5.41 Å². The van der Waals surface area contributed by atoms with Crippen molar-refractivity contribution in [3.8, 4) is 0 Å². The molecular formula is C10H16O3. The number of rotatable bonds is 2. The summed E-state index contributed by atoms with van der Waals surface area (Å²) in [6.07, 6.45) is 1.89. The van der Waals surface area contributed by atoms with Crippen molar-refractivity contribution in [2.45, 2.75) is 27.1 Å². The van der Waals surface area contributed by atoms with E-state index in [0.717, 1.165) is 11.9 Å². The third-order valence-electron chi connectivity index (χ3n) is 1.95. The van der Waals surface area contributed by atoms with Gasteiger partial charge in [0.1, 0.15) is 6.29 Å². The molecule has 3 nitrogen and oxygen atoms in total. The minimum Gasteiger partial charge on any atom is -0.348 e. The fraction of sp³-hybridized carbons (Fsp3) is 0.700. The van der Waals surface area contributed by atoms with E-state index < -0.39 is 0 Å². The van der Waals surface area contributed by atoms with Gasteiger partial charge in [0.25, 0.3) is 0 Å². The fourth-order valence-corrected chi connectivity index (χ4v) is 1.14. The molecule has 0 amide bonds. The van der Waals surface area contributed by atoms with Crippen LogP contribution in [-0.2, 0) is 14.3 Å². The summed E-state index contributed by atoms with van der Waals surface area (Å²) in [7, 11) is 0. The lowest BCUT2D eigenvalue weighted by atomic mass is 9.95. The average Bonchev–Trinajstić information content (AvgIpc) is 2.04. The van der Waals surface area contributed by atoms with E-state index in [4.69, 9.17) is 9.47 Å². The van der Waals surface area contributed by atoms with E-state index in [9.17, 15) is 4.79 Å². The van der Waals surface area contributed by atoms with Crippen LogP contribution in [0.4, 0.5) is 0 Å². The maximum Gasteiger partial charge on any atom is 0.179 e. The van der Waals surface area contributed by atoms with Crippen molar-refractivity contribution in [3.63, 3.8) is 0 Å². The van der Waals surface area contributed by atoms with Crippen LogP contribution in [0.25, 0.3) is 0 Å². The van der Waals surface area contributed by atoms with Crippen LogP contribution in [0.5, 0.6) is 0 Å². The second-order valence-electron chi connectivity index (χ2n) is 4.16. The maximum absolute atomic E-state index is 10.2. The highest BCUT2D eigenvalue weighted by Gasteiger charge is 2.28. The molecule has 0 N–H and O–H groups in total. The first-order valence-corrected chi connectivity index (χ1v) is 4.40. The molecule has 3 heteroatoms. The molecule has 0 bridgehead atoms. The molecule has 1 saturated heterocycles. The van der Waals surface area contributed by atoms with Crippen molar-refractivity contribution >= 4 is 6.29 Å². The molecule has 0 aromatic heterocycles. The van der Waals surface area contributed by atoms with Crippen molar-refractivity contribution in [1.29, 1.82) is 0 Å². The highest BCUT2D eigenvalue weighted by Crippen LogP contribution is 2.25. The standard InChI is InChI=1S/C10H16O3/c1-8(4-5-11)9-12-6-10(2,3)7-13-9/h4-5,9H,6-7H2,1-3H3/b8-4+. The molecule has 0 aliphatic carbocycles. The molecule has 1 aliphatic heterocycles. The maximum atomic E-state index is 10.2. The van der Waals surface area contributed by atoms with Crippen molar-refractivity contribution in [2.75, 3.05) is 13.2 Å². The van der Waals surface area contributed by atoms with Crippen LogP contribution in [0.2, 0.25) is 0 Å². The van der Waals surface area contributed by atoms with Crippen molar-refractivity contribution < 1.29 is 14.3 Å². The second-order valence-corrected chi connectivity index (χ2v) is 4.16. The first-order valence-electron chi connectivity index (χ1n) is 4.40. The second kappa shape index (κ2) is 4.03. The molecule has 0 unspecified atom stereocenters. The van der Waals surface area contributed by atoms with Gasteiger partial charge >= 0.3 is 0 Å². The number of carbonyl (C=O) groups is 1. The Morgan fingerprint density at radius 2 is 1.92 bits per heavy atom. The van der Waals surface area contributed by atoms with E-state index in [2.05, 4.69) is 13.8 Å². The van der Waals surface area contributed by atoms with Crippen LogP contribution < -0.4 is 0 Å². The van der Waals surface area contributed by atoms with Gasteiger partial charge in [-0.3, -0.25) is 4.79 Å². The number of aldehydes is 1. The molecule has 1 fully saturated rings. The molecule has 0 radical (unpaired) electrons. The van der Waals surface area contributed by atoms with Gasteiger partial charge in [-0.05, 0) is 18.6 Å². The predicted molar refractivity (Wildman–Crippen MR) is 49.3 cm³/mol. The number of allylic oxidation sites excluding steroid dienone is 1. The molecule has 1 rings (SSSR count). The quantitative estimate of drug-likeness (QED) is 0.482. The molecule has 74 valence electrons. The minimum absolute atomic E-state index is 0.0813. The van der Waals surface area contributed by atoms with Gasteiger partial charge in [0.05, 0.1) is 13.2 Å². The summed E-state index contributed by atoms with van der Waals surface area (Å²) in [6, 6.07) is 0. The Bertz CT molecular complexity index is 208. The lowest BCUT2D eigenvalue weighted by molar-refractivity contribution is -0.202. The first-order chi connectivity index (χ1) is 6.05. The normalized spacial score (nSPS) is 24.4. The van der Waals surface area contributed by atoms with Crippen LogP contribution in [0.15, 0.2) is 11.6 Å². The molecule has 0 spiro atoms. The van der Waals surface area contributed by atoms with Crippen molar-refractivity contribution in [1.82, 2.24) is 0 Å². The molecule has 1 aliphatic rings. The summed E-state index contributed by atoms with van der Waals surface area (Å²) in [5, 5.41) is 0. The average molecular weight is 184 g/mol. The van der Waals surface area contributed by atoms with Gasteiger partial charge in [-0.1, -0.05) is 13.8 Å². The monoisotopic (exact) mass is 184 g/mol. The summed E-state index contributed by atoms with van der Waals surface area (Å²) >= 11 is 0. The van der Waals surface area contributed by atoms with Crippen molar-refractivity contribution in [2.24, 2.45) is 5.41 Å². The topological polar surface area (TPSA) is 35.5 Å². The Morgan fingerprint density at radius 3 is 2.38 bits per heavy atom. The molecule has 0 saturated carbocycles. The molecule has 13 heavy (non-hydrogen) atoms. The van der Waals surface area contributed by atoms with Crippen LogP contribution in [0.3, 0.4) is 0 Å². The summed E-state index contributed by atoms with van der Waals surface area (Å²) in [5.41, 5.74) is 0.906. The van der Waals surface area contributed by atoms with Crippen LogP contribution in [-0.4, -0.2) is 25.8 Å². The predicted octanol–water partition coefficient (Wildman–Crippen LogP) is 1.53. The lowest BCUT2D eigenvalue weighted by Crippen LogP contribution is -2.38. The number of carbonyl (C=O) groups excluding carboxylic acids is 1. The first kappa shape index (κ1) is 10.4. The summed E-state index contributed by atoms with van der Waals surface area (Å²) < 4.78 is 10.9. The van der Waals surface area contributed by atoms with Gasteiger partial charge in [0.2, 0.25) is 0 Å². The van der Waals surface area contributed by atoms with Gasteiger partial charge in [0.15, 0.2) is 6.29 Å². The highest BCUT2D eigenvalue weighted by atomic mass is 16.7. The third kappa shape index (κ3) is 2.94. The lowest BCUT2D eigenvalue weighted by Gasteiger charge is -2.34. The van der Waals surface area contributed by atoms with Crippen molar-refractivity contribution in [3.05, 3.63) is 11.6 Å². The molecule has 0 atom stereocenters.